The predicted molar refractivity (Wildman–Crippen MR) is 115 cm³/mol. The van der Waals surface area contributed by atoms with Gasteiger partial charge in [-0.1, -0.05) is 17.7 Å². The molecule has 4 aliphatic carbocycles. The minimum atomic E-state index is -0.864. The Kier molecular flexibility index (Phi) is 5.62. The van der Waals surface area contributed by atoms with Gasteiger partial charge >= 0.3 is 11.8 Å². The van der Waals surface area contributed by atoms with E-state index in [0.29, 0.717) is 11.4 Å². The fraction of sp³-hybridized carbons (Fsp3) is 0.565. The Morgan fingerprint density at radius 1 is 0.967 bits per heavy atom. The Morgan fingerprint density at radius 2 is 1.53 bits per heavy atom. The average Bonchev–Trinajstić information content (AvgIpc) is 2.66. The molecule has 1 aromatic carbocycles. The van der Waals surface area contributed by atoms with Crippen molar-refractivity contribution in [2.45, 2.75) is 64.3 Å². The van der Waals surface area contributed by atoms with Crippen LogP contribution in [0.4, 0.5) is 5.69 Å². The SMILES string of the molecule is C/C(CC(=O)NC12CC3CC(CC(C3)C1)C2)=N/NC(=O)C(=O)Nc1ccc(C)cc1. The molecule has 4 aliphatic rings. The van der Waals surface area contributed by atoms with E-state index in [9.17, 15) is 14.4 Å². The van der Waals surface area contributed by atoms with Crippen LogP contribution in [0.5, 0.6) is 0 Å². The number of hydrogen-bond acceptors (Lipinski definition) is 4. The molecule has 0 saturated heterocycles. The molecular weight excluding hydrogens is 380 g/mol. The van der Waals surface area contributed by atoms with E-state index in [0.717, 1.165) is 42.6 Å². The first-order valence-electron chi connectivity index (χ1n) is 10.8. The third kappa shape index (κ3) is 4.71. The number of hydrogen-bond donors (Lipinski definition) is 3. The average molecular weight is 411 g/mol. The van der Waals surface area contributed by atoms with Crippen LogP contribution in [0.2, 0.25) is 0 Å². The van der Waals surface area contributed by atoms with Crippen molar-refractivity contribution in [3.63, 3.8) is 0 Å². The number of amides is 3. The van der Waals surface area contributed by atoms with E-state index in [2.05, 4.69) is 21.2 Å². The third-order valence-electron chi connectivity index (χ3n) is 6.72. The zero-order chi connectivity index (χ0) is 21.3. The van der Waals surface area contributed by atoms with Crippen molar-refractivity contribution in [3.05, 3.63) is 29.8 Å². The minimum absolute atomic E-state index is 0.0384. The fourth-order valence-electron chi connectivity index (χ4n) is 5.90. The van der Waals surface area contributed by atoms with Gasteiger partial charge in [-0.25, -0.2) is 5.43 Å². The first-order chi connectivity index (χ1) is 14.3. The summed E-state index contributed by atoms with van der Waals surface area (Å²) < 4.78 is 0. The second kappa shape index (κ2) is 8.20. The molecule has 0 atom stereocenters. The molecule has 0 aromatic heterocycles. The zero-order valence-electron chi connectivity index (χ0n) is 17.7. The molecule has 0 unspecified atom stereocenters. The Hall–Kier alpha value is -2.70. The molecule has 4 bridgehead atoms. The van der Waals surface area contributed by atoms with Crippen LogP contribution in [0.1, 0.15) is 57.4 Å². The molecule has 5 rings (SSSR count). The molecule has 4 fully saturated rings. The standard InChI is InChI=1S/C23H30N4O3/c1-14-3-5-19(6-4-14)24-21(29)22(30)27-26-15(2)7-20(28)25-23-11-16-8-17(12-23)10-18(9-16)13-23/h3-6,16-18H,7-13H2,1-2H3,(H,24,29)(H,25,28)(H,27,30)/b26-15-. The second-order valence-corrected chi connectivity index (χ2v) is 9.53. The van der Waals surface area contributed by atoms with Crippen LogP contribution < -0.4 is 16.1 Å². The molecule has 7 nitrogen and oxygen atoms in total. The van der Waals surface area contributed by atoms with Crippen LogP contribution in [0, 0.1) is 24.7 Å². The molecule has 0 heterocycles. The summed E-state index contributed by atoms with van der Waals surface area (Å²) in [6.07, 6.45) is 7.37. The summed E-state index contributed by atoms with van der Waals surface area (Å²) in [7, 11) is 0. The van der Waals surface area contributed by atoms with Crippen LogP contribution in [0.25, 0.3) is 0 Å². The van der Waals surface area contributed by atoms with Gasteiger partial charge in [0.2, 0.25) is 5.91 Å². The number of benzene rings is 1. The highest BCUT2D eigenvalue weighted by atomic mass is 16.2. The van der Waals surface area contributed by atoms with Crippen LogP contribution in [-0.4, -0.2) is 29.0 Å². The molecule has 0 radical (unpaired) electrons. The molecule has 3 N–H and O–H groups in total. The van der Waals surface area contributed by atoms with Gasteiger partial charge in [0.1, 0.15) is 0 Å². The minimum Gasteiger partial charge on any atom is -0.350 e. The maximum atomic E-state index is 12.6. The van der Waals surface area contributed by atoms with Crippen LogP contribution in [0.3, 0.4) is 0 Å². The fourth-order valence-corrected chi connectivity index (χ4v) is 5.90. The lowest BCUT2D eigenvalue weighted by molar-refractivity contribution is -0.136. The Bertz CT molecular complexity index is 840. The first-order valence-corrected chi connectivity index (χ1v) is 10.8. The number of nitrogens with one attached hydrogen (secondary N) is 3. The number of nitrogens with zero attached hydrogens (tertiary/aromatic N) is 1. The highest BCUT2D eigenvalue weighted by molar-refractivity contribution is 6.39. The first kappa shape index (κ1) is 20.6. The Balaban J connectivity index is 1.25. The third-order valence-corrected chi connectivity index (χ3v) is 6.72. The van der Waals surface area contributed by atoms with Crippen molar-refractivity contribution in [3.8, 4) is 0 Å². The second-order valence-electron chi connectivity index (χ2n) is 9.53. The van der Waals surface area contributed by atoms with Gasteiger partial charge in [0.05, 0.1) is 6.42 Å². The lowest BCUT2D eigenvalue weighted by Crippen LogP contribution is -2.60. The molecule has 4 saturated carbocycles. The lowest BCUT2D eigenvalue weighted by atomic mass is 9.53. The quantitative estimate of drug-likeness (QED) is 0.395. The predicted octanol–water partition coefficient (Wildman–Crippen LogP) is 2.90. The van der Waals surface area contributed by atoms with E-state index in [1.807, 2.05) is 19.1 Å². The van der Waals surface area contributed by atoms with Crippen molar-refractivity contribution >= 4 is 29.1 Å². The number of rotatable bonds is 5. The molecule has 0 aliphatic heterocycles. The van der Waals surface area contributed by atoms with Gasteiger partial charge < -0.3 is 10.6 Å². The molecular formula is C23H30N4O3. The molecule has 30 heavy (non-hydrogen) atoms. The molecule has 0 spiro atoms. The summed E-state index contributed by atoms with van der Waals surface area (Å²) in [6, 6.07) is 7.14. The van der Waals surface area contributed by atoms with Crippen LogP contribution in [-0.2, 0) is 14.4 Å². The van der Waals surface area contributed by atoms with Gasteiger partial charge in [0.15, 0.2) is 0 Å². The number of aryl methyl sites for hydroxylation is 1. The topological polar surface area (TPSA) is 99.7 Å². The van der Waals surface area contributed by atoms with Crippen molar-refractivity contribution < 1.29 is 14.4 Å². The Labute approximate surface area is 177 Å². The summed E-state index contributed by atoms with van der Waals surface area (Å²) in [5, 5.41) is 9.74. The summed E-state index contributed by atoms with van der Waals surface area (Å²) in [4.78, 5) is 36.6. The van der Waals surface area contributed by atoms with Crippen molar-refractivity contribution in [2.75, 3.05) is 5.32 Å². The van der Waals surface area contributed by atoms with E-state index >= 15 is 0 Å². The highest BCUT2D eigenvalue weighted by Crippen LogP contribution is 2.55. The monoisotopic (exact) mass is 410 g/mol. The number of carbonyl (C=O) groups is 3. The van der Waals surface area contributed by atoms with Gasteiger partial charge in [-0.3, -0.25) is 14.4 Å². The van der Waals surface area contributed by atoms with Gasteiger partial charge in [-0.15, -0.1) is 0 Å². The normalized spacial score (nSPS) is 29.4. The number of carbonyl (C=O) groups excluding carboxylic acids is 3. The highest BCUT2D eigenvalue weighted by Gasteiger charge is 2.51. The maximum absolute atomic E-state index is 12.6. The number of anilines is 1. The smallest absolute Gasteiger partial charge is 0.329 e. The van der Waals surface area contributed by atoms with Gasteiger partial charge in [-0.2, -0.15) is 5.10 Å². The maximum Gasteiger partial charge on any atom is 0.329 e. The van der Waals surface area contributed by atoms with E-state index in [4.69, 9.17) is 0 Å². The van der Waals surface area contributed by atoms with Crippen molar-refractivity contribution in [1.29, 1.82) is 0 Å². The lowest BCUT2D eigenvalue weighted by Gasteiger charge is -2.56. The molecule has 7 heteroatoms. The van der Waals surface area contributed by atoms with Gasteiger partial charge in [-0.05, 0) is 82.3 Å². The van der Waals surface area contributed by atoms with Crippen molar-refractivity contribution in [2.24, 2.45) is 22.9 Å². The van der Waals surface area contributed by atoms with Crippen molar-refractivity contribution in [1.82, 2.24) is 10.7 Å². The van der Waals surface area contributed by atoms with E-state index in [1.54, 1.807) is 19.1 Å². The van der Waals surface area contributed by atoms with E-state index in [-0.39, 0.29) is 17.9 Å². The summed E-state index contributed by atoms with van der Waals surface area (Å²) in [6.45, 7) is 3.62. The zero-order valence-corrected chi connectivity index (χ0v) is 17.7. The van der Waals surface area contributed by atoms with Gasteiger partial charge in [0, 0.05) is 16.9 Å². The van der Waals surface area contributed by atoms with Gasteiger partial charge in [0.25, 0.3) is 0 Å². The molecule has 160 valence electrons. The Morgan fingerprint density at radius 3 is 2.10 bits per heavy atom. The van der Waals surface area contributed by atoms with Crippen LogP contribution in [0.15, 0.2) is 29.4 Å². The van der Waals surface area contributed by atoms with E-state index < -0.39 is 11.8 Å². The largest absolute Gasteiger partial charge is 0.350 e. The summed E-state index contributed by atoms with van der Waals surface area (Å²) >= 11 is 0. The number of hydrazone groups is 1. The van der Waals surface area contributed by atoms with Crippen LogP contribution >= 0.6 is 0 Å². The summed E-state index contributed by atoms with van der Waals surface area (Å²) in [5.41, 5.74) is 4.26. The molecule has 1 aromatic rings. The van der Waals surface area contributed by atoms with E-state index in [1.165, 1.54) is 19.3 Å². The summed E-state index contributed by atoms with van der Waals surface area (Å²) in [5.74, 6) is 0.564. The molecule has 3 amide bonds.